The van der Waals surface area contributed by atoms with E-state index in [2.05, 4.69) is 0 Å². The summed E-state index contributed by atoms with van der Waals surface area (Å²) in [5, 5.41) is 10.1. The van der Waals surface area contributed by atoms with Gasteiger partial charge in [-0.2, -0.15) is 0 Å². The van der Waals surface area contributed by atoms with Crippen molar-refractivity contribution in [1.82, 2.24) is 9.80 Å². The van der Waals surface area contributed by atoms with Crippen LogP contribution in [0.15, 0.2) is 48.6 Å². The molecule has 0 saturated carbocycles. The van der Waals surface area contributed by atoms with Crippen molar-refractivity contribution < 1.29 is 29.0 Å². The quantitative estimate of drug-likeness (QED) is 0.546. The van der Waals surface area contributed by atoms with E-state index in [-0.39, 0.29) is 24.3 Å². The lowest BCUT2D eigenvalue weighted by molar-refractivity contribution is -0.157. The van der Waals surface area contributed by atoms with Crippen molar-refractivity contribution in [3.63, 3.8) is 0 Å². The van der Waals surface area contributed by atoms with Gasteiger partial charge in [0.25, 0.3) is 0 Å². The third kappa shape index (κ3) is 4.08. The van der Waals surface area contributed by atoms with E-state index in [0.29, 0.717) is 37.6 Å². The first-order valence-electron chi connectivity index (χ1n) is 14.3. The lowest BCUT2D eigenvalue weighted by Crippen LogP contribution is -2.60. The Morgan fingerprint density at radius 1 is 1.00 bits per heavy atom. The number of anilines is 1. The average molecular weight is 552 g/mol. The van der Waals surface area contributed by atoms with Crippen molar-refractivity contribution in [2.45, 2.75) is 76.8 Å². The maximum atomic E-state index is 14.5. The monoisotopic (exact) mass is 551 g/mol. The first-order chi connectivity index (χ1) is 19.0. The van der Waals surface area contributed by atoms with Gasteiger partial charge in [-0.25, -0.2) is 0 Å². The number of ether oxygens (including phenoxy) is 2. The maximum absolute atomic E-state index is 14.5. The Hall–Kier alpha value is -3.17. The van der Waals surface area contributed by atoms with E-state index in [1.165, 1.54) is 4.90 Å². The molecule has 3 amide bonds. The first kappa shape index (κ1) is 28.4. The Balaban J connectivity index is 1.64. The highest BCUT2D eigenvalue weighted by molar-refractivity contribution is 6.04. The number of carbonyl (C=O) groups excluding carboxylic acids is 3. The molecule has 9 nitrogen and oxygen atoms in total. The highest BCUT2D eigenvalue weighted by atomic mass is 16.5. The molecule has 1 aromatic rings. The van der Waals surface area contributed by atoms with E-state index in [9.17, 15) is 19.5 Å². The van der Waals surface area contributed by atoms with E-state index in [0.717, 1.165) is 0 Å². The molecule has 6 atom stereocenters. The molecule has 0 aliphatic carbocycles. The zero-order valence-corrected chi connectivity index (χ0v) is 24.3. The number of likely N-dealkylation sites (tertiary alicyclic amines) is 1. The molecule has 2 saturated heterocycles. The summed E-state index contributed by atoms with van der Waals surface area (Å²) >= 11 is 0. The van der Waals surface area contributed by atoms with Gasteiger partial charge in [0.2, 0.25) is 17.7 Å². The minimum absolute atomic E-state index is 0.221. The third-order valence-electron chi connectivity index (χ3n) is 8.89. The molecule has 9 heteroatoms. The van der Waals surface area contributed by atoms with Gasteiger partial charge in [0.05, 0.1) is 36.7 Å². The van der Waals surface area contributed by atoms with Crippen LogP contribution in [0.25, 0.3) is 0 Å². The highest BCUT2D eigenvalue weighted by Crippen LogP contribution is 2.59. The highest BCUT2D eigenvalue weighted by Gasteiger charge is 2.76. The van der Waals surface area contributed by atoms with E-state index in [1.54, 1.807) is 16.7 Å². The Bertz CT molecular complexity index is 1240. The summed E-state index contributed by atoms with van der Waals surface area (Å²) in [6.45, 7) is 12.4. The molecule has 0 radical (unpaired) electrons. The molecule has 4 heterocycles. The van der Waals surface area contributed by atoms with E-state index >= 15 is 0 Å². The second kappa shape index (κ2) is 10.0. The normalized spacial score (nSPS) is 32.5. The smallest absolute Gasteiger partial charge is 0.249 e. The molecule has 40 heavy (non-hydrogen) atoms. The number of carbonyl (C=O) groups is 3. The molecule has 5 rings (SSSR count). The van der Waals surface area contributed by atoms with Crippen molar-refractivity contribution in [3.8, 4) is 5.75 Å². The standard InChI is InChI=1S/C31H41N3O6/c1-7-30-15-9-17-32(21-11-13-22(14-12-21)39-8-2)26(36)23(30)24-27(37)34(20(3)19-35)25-28(38)33(29(4,5)6)18-10-16-31(24,25)40-30/h9-16,20,23-25,35H,7-8,17-19H2,1-6H3/t20-,23+,24+,25?,30-,31+/m1/s1. The van der Waals surface area contributed by atoms with Gasteiger partial charge in [0.15, 0.2) is 0 Å². The average Bonchev–Trinajstić information content (AvgIpc) is 3.21. The second-order valence-electron chi connectivity index (χ2n) is 12.2. The van der Waals surface area contributed by atoms with Crippen molar-refractivity contribution in [2.75, 3.05) is 31.2 Å². The molecule has 0 bridgehead atoms. The fourth-order valence-corrected chi connectivity index (χ4v) is 6.99. The number of aliphatic hydroxyl groups excluding tert-OH is 1. The molecular formula is C31H41N3O6. The van der Waals surface area contributed by atoms with Gasteiger partial charge >= 0.3 is 0 Å². The Morgan fingerprint density at radius 3 is 2.27 bits per heavy atom. The van der Waals surface area contributed by atoms with Crippen LogP contribution in [0.2, 0.25) is 0 Å². The number of rotatable bonds is 6. The van der Waals surface area contributed by atoms with Crippen molar-refractivity contribution in [1.29, 1.82) is 0 Å². The van der Waals surface area contributed by atoms with Crippen LogP contribution >= 0.6 is 0 Å². The van der Waals surface area contributed by atoms with Crippen molar-refractivity contribution in [3.05, 3.63) is 48.6 Å². The van der Waals surface area contributed by atoms with Gasteiger partial charge < -0.3 is 29.3 Å². The number of amides is 3. The van der Waals surface area contributed by atoms with Gasteiger partial charge in [0.1, 0.15) is 17.4 Å². The summed E-state index contributed by atoms with van der Waals surface area (Å²) in [5.41, 5.74) is -2.22. The largest absolute Gasteiger partial charge is 0.494 e. The number of hydrogen-bond donors (Lipinski definition) is 1. The minimum atomic E-state index is -1.35. The number of fused-ring (bicyclic) bond motifs is 2. The van der Waals surface area contributed by atoms with Gasteiger partial charge in [-0.05, 0) is 65.3 Å². The van der Waals surface area contributed by atoms with Crippen molar-refractivity contribution in [2.24, 2.45) is 11.8 Å². The Morgan fingerprint density at radius 2 is 1.68 bits per heavy atom. The van der Waals surface area contributed by atoms with Gasteiger partial charge in [-0.1, -0.05) is 31.2 Å². The predicted octanol–water partition coefficient (Wildman–Crippen LogP) is 2.93. The fourth-order valence-electron chi connectivity index (χ4n) is 6.99. The number of aliphatic hydroxyl groups is 1. The summed E-state index contributed by atoms with van der Waals surface area (Å²) < 4.78 is 12.6. The number of nitrogens with zero attached hydrogens (tertiary/aromatic N) is 3. The van der Waals surface area contributed by atoms with Crippen LogP contribution in [0.1, 0.15) is 48.0 Å². The maximum Gasteiger partial charge on any atom is 0.249 e. The lowest BCUT2D eigenvalue weighted by Gasteiger charge is -2.42. The van der Waals surface area contributed by atoms with Crippen molar-refractivity contribution >= 4 is 23.4 Å². The second-order valence-corrected chi connectivity index (χ2v) is 12.2. The Labute approximate surface area is 236 Å². The minimum Gasteiger partial charge on any atom is -0.494 e. The molecule has 1 unspecified atom stereocenters. The topological polar surface area (TPSA) is 99.6 Å². The van der Waals surface area contributed by atoms with E-state index in [4.69, 9.17) is 9.47 Å². The zero-order chi connectivity index (χ0) is 29.0. The lowest BCUT2D eigenvalue weighted by atomic mass is 9.73. The summed E-state index contributed by atoms with van der Waals surface area (Å²) in [6.07, 6.45) is 8.04. The summed E-state index contributed by atoms with van der Waals surface area (Å²) in [6, 6.07) is 5.72. The SMILES string of the molecule is CCOc1ccc(N2CC=C[C@@]3(CC)O[C@]45C=CCN(C(C)(C)C)C(=O)C4N([C@H](C)CO)C(=O)[C@@H]5[C@H]3C2=O)cc1. The molecule has 1 N–H and O–H groups in total. The van der Waals surface area contributed by atoms with Gasteiger partial charge in [-0.15, -0.1) is 0 Å². The molecule has 2 fully saturated rings. The van der Waals surface area contributed by atoms with Crippen LogP contribution in [-0.4, -0.2) is 87.8 Å². The molecule has 4 aliphatic rings. The van der Waals surface area contributed by atoms with Crippen LogP contribution in [0, 0.1) is 11.8 Å². The summed E-state index contributed by atoms with van der Waals surface area (Å²) in [7, 11) is 0. The predicted molar refractivity (Wildman–Crippen MR) is 151 cm³/mol. The molecule has 216 valence electrons. The number of benzene rings is 1. The molecule has 1 spiro atoms. The zero-order valence-electron chi connectivity index (χ0n) is 24.3. The van der Waals surface area contributed by atoms with Crippen LogP contribution in [0.5, 0.6) is 5.75 Å². The van der Waals surface area contributed by atoms with Gasteiger partial charge in [0, 0.05) is 24.3 Å². The third-order valence-corrected chi connectivity index (χ3v) is 8.89. The Kier molecular flexibility index (Phi) is 7.11. The first-order valence-corrected chi connectivity index (χ1v) is 14.3. The fraction of sp³-hybridized carbons (Fsp3) is 0.581. The number of hydrogen-bond acceptors (Lipinski definition) is 6. The molecule has 1 aromatic carbocycles. The summed E-state index contributed by atoms with van der Waals surface area (Å²) in [4.78, 5) is 48.2. The van der Waals surface area contributed by atoms with Crippen LogP contribution in [-0.2, 0) is 19.1 Å². The van der Waals surface area contributed by atoms with E-state index < -0.39 is 40.7 Å². The summed E-state index contributed by atoms with van der Waals surface area (Å²) in [5.74, 6) is -1.87. The molecule has 0 aromatic heterocycles. The van der Waals surface area contributed by atoms with Crippen LogP contribution in [0.3, 0.4) is 0 Å². The van der Waals surface area contributed by atoms with Crippen LogP contribution in [0.4, 0.5) is 5.69 Å². The van der Waals surface area contributed by atoms with E-state index in [1.807, 2.05) is 83.2 Å². The van der Waals surface area contributed by atoms with Crippen LogP contribution < -0.4 is 9.64 Å². The molecule has 4 aliphatic heterocycles. The van der Waals surface area contributed by atoms with Gasteiger partial charge in [-0.3, -0.25) is 14.4 Å². The molecular weight excluding hydrogens is 510 g/mol.